The van der Waals surface area contributed by atoms with Crippen LogP contribution in [0, 0.1) is 19.8 Å². The number of oxazole rings is 1. The summed E-state index contributed by atoms with van der Waals surface area (Å²) in [6.07, 6.45) is 4.44. The van der Waals surface area contributed by atoms with Gasteiger partial charge in [0.2, 0.25) is 5.91 Å². The van der Waals surface area contributed by atoms with Crippen LogP contribution in [0.15, 0.2) is 47.0 Å². The first-order valence-corrected chi connectivity index (χ1v) is 12.2. The number of aromatic nitrogens is 2. The molecule has 1 atom stereocenters. The predicted octanol–water partition coefficient (Wildman–Crippen LogP) is 4.09. The molecule has 0 bridgehead atoms. The molecule has 0 saturated carbocycles. The first kappa shape index (κ1) is 22.6. The lowest BCUT2D eigenvalue weighted by atomic mass is 9.91. The Bertz CT molecular complexity index is 1150. The molecule has 0 unspecified atom stereocenters. The zero-order valence-electron chi connectivity index (χ0n) is 20.3. The number of carbonyl (C=O) groups is 1. The maximum atomic E-state index is 13.5. The first-order valence-electron chi connectivity index (χ1n) is 12.2. The van der Waals surface area contributed by atoms with E-state index in [1.54, 1.807) is 0 Å². The molecule has 2 aromatic heterocycles. The van der Waals surface area contributed by atoms with Crippen molar-refractivity contribution in [3.05, 3.63) is 59.9 Å². The predicted molar refractivity (Wildman–Crippen MR) is 134 cm³/mol. The van der Waals surface area contributed by atoms with Crippen molar-refractivity contribution in [2.75, 3.05) is 49.6 Å². The van der Waals surface area contributed by atoms with Crippen molar-refractivity contribution >= 4 is 17.3 Å². The molecule has 0 aliphatic carbocycles. The van der Waals surface area contributed by atoms with Gasteiger partial charge in [-0.2, -0.15) is 0 Å². The van der Waals surface area contributed by atoms with Crippen molar-refractivity contribution in [3.63, 3.8) is 0 Å². The largest absolute Gasteiger partial charge is 0.446 e. The summed E-state index contributed by atoms with van der Waals surface area (Å²) in [6, 6.07) is 12.3. The number of piperidine rings is 1. The fourth-order valence-corrected chi connectivity index (χ4v) is 5.15. The first-order chi connectivity index (χ1) is 16.5. The Morgan fingerprint density at radius 3 is 2.50 bits per heavy atom. The number of hydrogen-bond acceptors (Lipinski definition) is 6. The third kappa shape index (κ3) is 4.57. The molecule has 2 aliphatic rings. The lowest BCUT2D eigenvalue weighted by molar-refractivity contribution is -0.123. The van der Waals surface area contributed by atoms with Gasteiger partial charge in [0.25, 0.3) is 0 Å². The summed E-state index contributed by atoms with van der Waals surface area (Å²) in [4.78, 5) is 29.4. The topological polar surface area (TPSA) is 65.7 Å². The van der Waals surface area contributed by atoms with Crippen LogP contribution in [0.1, 0.15) is 30.2 Å². The van der Waals surface area contributed by atoms with E-state index in [-0.39, 0.29) is 11.8 Å². The highest BCUT2D eigenvalue weighted by Gasteiger charge is 2.31. The Hall–Kier alpha value is -3.19. The summed E-state index contributed by atoms with van der Waals surface area (Å²) in [5.74, 6) is 1.62. The smallest absolute Gasteiger partial charge is 0.230 e. The summed E-state index contributed by atoms with van der Waals surface area (Å²) in [6.45, 7) is 8.63. The van der Waals surface area contributed by atoms with E-state index in [9.17, 15) is 4.79 Å². The molecule has 0 spiro atoms. The van der Waals surface area contributed by atoms with Gasteiger partial charge in [0.15, 0.2) is 5.89 Å². The summed E-state index contributed by atoms with van der Waals surface area (Å²) in [5, 5.41) is 0. The number of likely N-dealkylation sites (N-methyl/N-ethyl adjacent to an activating group) is 1. The van der Waals surface area contributed by atoms with E-state index in [1.807, 2.05) is 55.3 Å². The molecule has 7 nitrogen and oxygen atoms in total. The van der Waals surface area contributed by atoms with Crippen LogP contribution >= 0.6 is 0 Å². The molecule has 0 radical (unpaired) electrons. The van der Waals surface area contributed by atoms with Crippen molar-refractivity contribution in [2.24, 2.45) is 5.92 Å². The molecule has 34 heavy (non-hydrogen) atoms. The van der Waals surface area contributed by atoms with Gasteiger partial charge >= 0.3 is 0 Å². The van der Waals surface area contributed by atoms with Crippen LogP contribution in [-0.2, 0) is 11.2 Å². The maximum absolute atomic E-state index is 13.5. The number of benzene rings is 1. The molecule has 1 amide bonds. The van der Waals surface area contributed by atoms with E-state index in [2.05, 4.69) is 27.9 Å². The highest BCUT2D eigenvalue weighted by molar-refractivity contribution is 5.96. The van der Waals surface area contributed by atoms with Gasteiger partial charge in [0.1, 0.15) is 11.5 Å². The highest BCUT2D eigenvalue weighted by Crippen LogP contribution is 2.31. The Balaban J connectivity index is 1.32. The minimum atomic E-state index is -0.0463. The molecule has 178 valence electrons. The minimum Gasteiger partial charge on any atom is -0.446 e. The Kier molecular flexibility index (Phi) is 6.37. The number of aryl methyl sites for hydroxylation is 2. The van der Waals surface area contributed by atoms with Crippen LogP contribution in [0.25, 0.3) is 11.3 Å². The molecular formula is C27H33N5O2. The van der Waals surface area contributed by atoms with Gasteiger partial charge in [-0.25, -0.2) is 4.98 Å². The minimum absolute atomic E-state index is 0.0463. The maximum Gasteiger partial charge on any atom is 0.230 e. The van der Waals surface area contributed by atoms with Crippen LogP contribution in [0.2, 0.25) is 0 Å². The van der Waals surface area contributed by atoms with Crippen LogP contribution in [0.4, 0.5) is 11.4 Å². The number of piperazine rings is 1. The summed E-state index contributed by atoms with van der Waals surface area (Å²) < 4.78 is 5.57. The van der Waals surface area contributed by atoms with Gasteiger partial charge < -0.3 is 19.1 Å². The second kappa shape index (κ2) is 9.58. The second-order valence-electron chi connectivity index (χ2n) is 9.48. The van der Waals surface area contributed by atoms with Crippen LogP contribution in [0.3, 0.4) is 0 Å². The van der Waals surface area contributed by atoms with E-state index in [0.29, 0.717) is 12.3 Å². The number of hydrogen-bond donors (Lipinski definition) is 0. The van der Waals surface area contributed by atoms with Crippen LogP contribution in [-0.4, -0.2) is 60.5 Å². The lowest BCUT2D eigenvalue weighted by Gasteiger charge is -2.36. The van der Waals surface area contributed by atoms with Crippen LogP contribution in [0.5, 0.6) is 0 Å². The van der Waals surface area contributed by atoms with Crippen LogP contribution < -0.4 is 9.80 Å². The summed E-state index contributed by atoms with van der Waals surface area (Å²) in [7, 11) is 2.16. The van der Waals surface area contributed by atoms with E-state index in [4.69, 9.17) is 9.40 Å². The number of carbonyl (C=O) groups excluding carboxylic acids is 1. The van der Waals surface area contributed by atoms with Gasteiger partial charge in [0, 0.05) is 69.4 Å². The second-order valence-corrected chi connectivity index (χ2v) is 9.48. The quantitative estimate of drug-likeness (QED) is 0.573. The highest BCUT2D eigenvalue weighted by atomic mass is 16.4. The average molecular weight is 460 g/mol. The zero-order valence-corrected chi connectivity index (χ0v) is 20.3. The summed E-state index contributed by atoms with van der Waals surface area (Å²) >= 11 is 0. The molecule has 5 rings (SSSR count). The van der Waals surface area contributed by atoms with Crippen molar-refractivity contribution < 1.29 is 9.21 Å². The van der Waals surface area contributed by atoms with E-state index >= 15 is 0 Å². The summed E-state index contributed by atoms with van der Waals surface area (Å²) in [5.41, 5.74) is 5.03. The third-order valence-corrected chi connectivity index (χ3v) is 7.06. The Labute approximate surface area is 201 Å². The molecule has 1 aromatic carbocycles. The standard InChI is InChI=1S/C27H33N5O2/c1-19-26(29-20(2)34-19)21-8-10-23(11-9-21)32-13-5-6-22(27(32)33)18-24-25(7-4-12-28-24)31-16-14-30(3)15-17-31/h4,7-12,22H,5-6,13-18H2,1-3H3/t22-/m1/s1. The molecule has 4 heterocycles. The Morgan fingerprint density at radius 2 is 1.79 bits per heavy atom. The van der Waals surface area contributed by atoms with E-state index in [0.717, 1.165) is 74.0 Å². The van der Waals surface area contributed by atoms with E-state index < -0.39 is 0 Å². The molecule has 7 heteroatoms. The SMILES string of the molecule is Cc1nc(-c2ccc(N3CCC[C@H](Cc4ncccc4N4CCN(C)CC4)C3=O)cc2)c(C)o1. The van der Waals surface area contributed by atoms with Gasteiger partial charge in [-0.3, -0.25) is 9.78 Å². The third-order valence-electron chi connectivity index (χ3n) is 7.06. The Morgan fingerprint density at radius 1 is 1.03 bits per heavy atom. The molecule has 3 aromatic rings. The van der Waals surface area contributed by atoms with Gasteiger partial charge in [0.05, 0.1) is 11.4 Å². The monoisotopic (exact) mass is 459 g/mol. The molecule has 2 fully saturated rings. The van der Waals surface area contributed by atoms with E-state index in [1.165, 1.54) is 5.69 Å². The fourth-order valence-electron chi connectivity index (χ4n) is 5.15. The average Bonchev–Trinajstić information content (AvgIpc) is 3.19. The van der Waals surface area contributed by atoms with Crippen molar-refractivity contribution in [2.45, 2.75) is 33.1 Å². The zero-order chi connectivity index (χ0) is 23.7. The molecule has 2 saturated heterocycles. The molecule has 2 aliphatic heterocycles. The normalized spacial score (nSPS) is 19.6. The van der Waals surface area contributed by atoms with Gasteiger partial charge in [-0.05, 0) is 51.1 Å². The van der Waals surface area contributed by atoms with Crippen molar-refractivity contribution in [3.8, 4) is 11.3 Å². The lowest BCUT2D eigenvalue weighted by Crippen LogP contribution is -2.45. The van der Waals surface area contributed by atoms with Crippen molar-refractivity contribution in [1.82, 2.24) is 14.9 Å². The number of rotatable bonds is 5. The fraction of sp³-hybridized carbons (Fsp3) is 0.444. The van der Waals surface area contributed by atoms with Gasteiger partial charge in [-0.1, -0.05) is 12.1 Å². The number of pyridine rings is 1. The molecular weight excluding hydrogens is 426 g/mol. The number of anilines is 2. The molecule has 0 N–H and O–H groups in total. The number of amides is 1. The van der Waals surface area contributed by atoms with Crippen molar-refractivity contribution in [1.29, 1.82) is 0 Å². The number of nitrogens with zero attached hydrogens (tertiary/aromatic N) is 5. The van der Waals surface area contributed by atoms with Gasteiger partial charge in [-0.15, -0.1) is 0 Å².